The summed E-state index contributed by atoms with van der Waals surface area (Å²) in [4.78, 5) is 0. The summed E-state index contributed by atoms with van der Waals surface area (Å²) in [6.07, 6.45) is 1.54. The average Bonchev–Trinajstić information content (AvgIpc) is 3.17. The van der Waals surface area contributed by atoms with Gasteiger partial charge in [-0.15, -0.1) is 16.8 Å². The maximum absolute atomic E-state index is 6.31. The predicted octanol–water partition coefficient (Wildman–Crippen LogP) is 7.01. The van der Waals surface area contributed by atoms with E-state index in [0.29, 0.717) is 17.3 Å². The number of hydrogen-bond donors (Lipinski definition) is 0. The second-order valence-corrected chi connectivity index (χ2v) is 8.71. The van der Waals surface area contributed by atoms with Crippen LogP contribution in [-0.4, -0.2) is 14.8 Å². The van der Waals surface area contributed by atoms with E-state index >= 15 is 0 Å². The van der Waals surface area contributed by atoms with Crippen LogP contribution < -0.4 is 4.74 Å². The van der Waals surface area contributed by atoms with Crippen LogP contribution in [-0.2, 0) is 12.3 Å². The molecule has 3 aromatic carbocycles. The molecule has 0 aliphatic heterocycles. The molecule has 0 radical (unpaired) electrons. The molecule has 6 heteroatoms. The van der Waals surface area contributed by atoms with Gasteiger partial charge in [0.1, 0.15) is 5.75 Å². The largest absolute Gasteiger partial charge is 0.481 e. The van der Waals surface area contributed by atoms with Crippen molar-refractivity contribution in [2.75, 3.05) is 0 Å². The van der Waals surface area contributed by atoms with Gasteiger partial charge in [-0.3, -0.25) is 4.57 Å². The summed E-state index contributed by atoms with van der Waals surface area (Å²) < 4.78 is 8.19. The van der Waals surface area contributed by atoms with Crippen LogP contribution in [0.15, 0.2) is 78.5 Å². The fourth-order valence-corrected chi connectivity index (χ4v) is 4.63. The van der Waals surface area contributed by atoms with Crippen molar-refractivity contribution in [3.05, 3.63) is 95.3 Å². The van der Waals surface area contributed by atoms with E-state index in [1.807, 2.05) is 38.1 Å². The Morgan fingerprint density at radius 3 is 2.77 bits per heavy atom. The summed E-state index contributed by atoms with van der Waals surface area (Å²) in [5.41, 5.74) is 2.36. The molecule has 0 bridgehead atoms. The van der Waals surface area contributed by atoms with Crippen molar-refractivity contribution in [1.82, 2.24) is 14.8 Å². The standard InChI is InChI=1S/C25H24ClN3OS/c1-4-14-29-24(18(3)30-23-15-17(2)12-13-22(23)26)27-28-25(29)31-16-20-10-7-9-19-8-5-6-11-21(19)20/h4-13,15,18H,1,14,16H2,2-3H3. The summed E-state index contributed by atoms with van der Waals surface area (Å²) in [6, 6.07) is 20.6. The van der Waals surface area contributed by atoms with Gasteiger partial charge in [0.2, 0.25) is 0 Å². The van der Waals surface area contributed by atoms with Gasteiger partial charge in [0.15, 0.2) is 17.1 Å². The number of allylic oxidation sites excluding steroid dienone is 1. The third-order valence-electron chi connectivity index (χ3n) is 5.05. The molecule has 158 valence electrons. The Balaban J connectivity index is 1.56. The minimum absolute atomic E-state index is 0.307. The Hall–Kier alpha value is -2.76. The fourth-order valence-electron chi connectivity index (χ4n) is 3.51. The third kappa shape index (κ3) is 4.78. The van der Waals surface area contributed by atoms with E-state index in [-0.39, 0.29) is 6.10 Å². The number of benzene rings is 3. The Morgan fingerprint density at radius 1 is 1.13 bits per heavy atom. The zero-order valence-electron chi connectivity index (χ0n) is 17.6. The van der Waals surface area contributed by atoms with E-state index in [1.165, 1.54) is 16.3 Å². The van der Waals surface area contributed by atoms with Crippen LogP contribution in [0.2, 0.25) is 5.02 Å². The predicted molar refractivity (Wildman–Crippen MR) is 129 cm³/mol. The second kappa shape index (κ2) is 9.58. The van der Waals surface area contributed by atoms with Crippen molar-refractivity contribution in [2.45, 2.75) is 37.4 Å². The van der Waals surface area contributed by atoms with E-state index < -0.39 is 0 Å². The molecule has 0 spiro atoms. The molecule has 1 unspecified atom stereocenters. The van der Waals surface area contributed by atoms with Crippen LogP contribution in [0.25, 0.3) is 10.8 Å². The molecule has 1 atom stereocenters. The Labute approximate surface area is 191 Å². The van der Waals surface area contributed by atoms with Gasteiger partial charge in [-0.1, -0.05) is 78.0 Å². The first kappa shape index (κ1) is 21.5. The minimum Gasteiger partial charge on any atom is -0.481 e. The number of hydrogen-bond acceptors (Lipinski definition) is 4. The summed E-state index contributed by atoms with van der Waals surface area (Å²) in [5, 5.41) is 12.8. The van der Waals surface area contributed by atoms with E-state index in [9.17, 15) is 0 Å². The molecule has 0 aliphatic rings. The monoisotopic (exact) mass is 449 g/mol. The van der Waals surface area contributed by atoms with Crippen molar-refractivity contribution < 1.29 is 4.74 Å². The average molecular weight is 450 g/mol. The lowest BCUT2D eigenvalue weighted by Gasteiger charge is -2.17. The molecular weight excluding hydrogens is 426 g/mol. The molecular formula is C25H24ClN3OS. The summed E-state index contributed by atoms with van der Waals surface area (Å²) in [6.45, 7) is 8.47. The number of fused-ring (bicyclic) bond motifs is 1. The molecule has 0 saturated heterocycles. The number of aromatic nitrogens is 3. The van der Waals surface area contributed by atoms with Gasteiger partial charge in [-0.25, -0.2) is 0 Å². The van der Waals surface area contributed by atoms with Crippen LogP contribution in [0.1, 0.15) is 30.0 Å². The SMILES string of the molecule is C=CCn1c(SCc2cccc3ccccc23)nnc1C(C)Oc1cc(C)ccc1Cl. The van der Waals surface area contributed by atoms with Crippen molar-refractivity contribution in [1.29, 1.82) is 0 Å². The minimum atomic E-state index is -0.307. The van der Waals surface area contributed by atoms with Gasteiger partial charge in [0.25, 0.3) is 0 Å². The summed E-state index contributed by atoms with van der Waals surface area (Å²) in [7, 11) is 0. The molecule has 31 heavy (non-hydrogen) atoms. The smallest absolute Gasteiger partial charge is 0.191 e. The molecule has 0 fully saturated rings. The van der Waals surface area contributed by atoms with Gasteiger partial charge < -0.3 is 4.74 Å². The molecule has 4 aromatic rings. The van der Waals surface area contributed by atoms with Crippen LogP contribution in [0.3, 0.4) is 0 Å². The fraction of sp³-hybridized carbons (Fsp3) is 0.200. The van der Waals surface area contributed by atoms with E-state index in [2.05, 4.69) is 63.8 Å². The van der Waals surface area contributed by atoms with Crippen molar-refractivity contribution in [2.24, 2.45) is 0 Å². The first-order chi connectivity index (χ1) is 15.1. The molecule has 0 N–H and O–H groups in total. The zero-order chi connectivity index (χ0) is 21.8. The van der Waals surface area contributed by atoms with Crippen LogP contribution in [0.4, 0.5) is 0 Å². The quantitative estimate of drug-likeness (QED) is 0.214. The number of ether oxygens (including phenoxy) is 1. The molecule has 4 rings (SSSR count). The molecule has 4 nitrogen and oxygen atoms in total. The third-order valence-corrected chi connectivity index (χ3v) is 6.38. The lowest BCUT2D eigenvalue weighted by molar-refractivity contribution is 0.210. The summed E-state index contributed by atoms with van der Waals surface area (Å²) in [5.74, 6) is 2.19. The highest BCUT2D eigenvalue weighted by Gasteiger charge is 2.20. The van der Waals surface area contributed by atoms with Gasteiger partial charge in [-0.05, 0) is 47.9 Å². The van der Waals surface area contributed by atoms with Crippen LogP contribution >= 0.6 is 23.4 Å². The summed E-state index contributed by atoms with van der Waals surface area (Å²) >= 11 is 7.98. The Bertz CT molecular complexity index is 1220. The number of rotatable bonds is 8. The first-order valence-corrected chi connectivity index (χ1v) is 11.5. The van der Waals surface area contributed by atoms with Crippen molar-refractivity contribution >= 4 is 34.1 Å². The van der Waals surface area contributed by atoms with Crippen molar-refractivity contribution in [3.8, 4) is 5.75 Å². The zero-order valence-corrected chi connectivity index (χ0v) is 19.2. The van der Waals surface area contributed by atoms with Gasteiger partial charge in [-0.2, -0.15) is 0 Å². The maximum Gasteiger partial charge on any atom is 0.191 e. The van der Waals surface area contributed by atoms with Gasteiger partial charge in [0.05, 0.1) is 5.02 Å². The first-order valence-electron chi connectivity index (χ1n) is 10.1. The van der Waals surface area contributed by atoms with Crippen LogP contribution in [0.5, 0.6) is 5.75 Å². The Morgan fingerprint density at radius 2 is 1.94 bits per heavy atom. The topological polar surface area (TPSA) is 39.9 Å². The lowest BCUT2D eigenvalue weighted by atomic mass is 10.1. The van der Waals surface area contributed by atoms with Crippen LogP contribution in [0, 0.1) is 6.92 Å². The molecule has 1 heterocycles. The van der Waals surface area contributed by atoms with E-state index in [0.717, 1.165) is 22.3 Å². The van der Waals surface area contributed by atoms with Gasteiger partial charge in [0, 0.05) is 12.3 Å². The highest BCUT2D eigenvalue weighted by atomic mass is 35.5. The lowest BCUT2D eigenvalue weighted by Crippen LogP contribution is -2.12. The number of aryl methyl sites for hydroxylation is 1. The molecule has 0 aliphatic carbocycles. The Kier molecular flexibility index (Phi) is 6.64. The van der Waals surface area contributed by atoms with Crippen molar-refractivity contribution in [3.63, 3.8) is 0 Å². The van der Waals surface area contributed by atoms with Gasteiger partial charge >= 0.3 is 0 Å². The number of halogens is 1. The highest BCUT2D eigenvalue weighted by molar-refractivity contribution is 7.98. The maximum atomic E-state index is 6.31. The molecule has 0 amide bonds. The highest BCUT2D eigenvalue weighted by Crippen LogP contribution is 2.32. The number of nitrogens with zero attached hydrogens (tertiary/aromatic N) is 3. The normalized spacial score (nSPS) is 12.1. The second-order valence-electron chi connectivity index (χ2n) is 7.36. The number of thioether (sulfide) groups is 1. The van der Waals surface area contributed by atoms with E-state index in [1.54, 1.807) is 11.8 Å². The molecule has 0 saturated carbocycles. The van der Waals surface area contributed by atoms with E-state index in [4.69, 9.17) is 16.3 Å². The molecule has 1 aromatic heterocycles.